The first kappa shape index (κ1) is 10.4. The molecule has 0 aliphatic heterocycles. The third-order valence-electron chi connectivity index (χ3n) is 1.13. The minimum Gasteiger partial charge on any atom is -0.381 e. The van der Waals surface area contributed by atoms with Gasteiger partial charge in [-0.2, -0.15) is 0 Å². The van der Waals surface area contributed by atoms with Crippen LogP contribution in [-0.2, 0) is 9.53 Å². The van der Waals surface area contributed by atoms with Crippen molar-refractivity contribution >= 4 is 5.91 Å². The van der Waals surface area contributed by atoms with Gasteiger partial charge in [0.2, 0.25) is 5.91 Å². The van der Waals surface area contributed by atoms with Gasteiger partial charge in [0.05, 0.1) is 6.61 Å². The second-order valence-corrected chi connectivity index (χ2v) is 2.67. The molecule has 0 aromatic carbocycles. The number of nitrogens with one attached hydrogen (secondary N) is 1. The Morgan fingerprint density at radius 3 is 2.64 bits per heavy atom. The highest BCUT2D eigenvalue weighted by Gasteiger charge is 2.01. The van der Waals surface area contributed by atoms with Gasteiger partial charge < -0.3 is 10.1 Å². The van der Waals surface area contributed by atoms with Crippen molar-refractivity contribution in [1.29, 1.82) is 0 Å². The molecule has 0 atom stereocenters. The van der Waals surface area contributed by atoms with Gasteiger partial charge in [0.1, 0.15) is 0 Å². The first-order valence-corrected chi connectivity index (χ1v) is 4.04. The van der Waals surface area contributed by atoms with Gasteiger partial charge in [-0.05, 0) is 20.8 Å². The Morgan fingerprint density at radius 2 is 2.18 bits per heavy atom. The van der Waals surface area contributed by atoms with Crippen LogP contribution in [0.3, 0.4) is 0 Å². The minimum atomic E-state index is 0.0634. The average molecular weight is 159 g/mol. The molecule has 0 spiro atoms. The number of hydrogen-bond acceptors (Lipinski definition) is 2. The van der Waals surface area contributed by atoms with E-state index < -0.39 is 0 Å². The van der Waals surface area contributed by atoms with Gasteiger partial charge in [-0.15, -0.1) is 0 Å². The van der Waals surface area contributed by atoms with Crippen molar-refractivity contribution in [2.24, 2.45) is 0 Å². The number of hydrogen-bond donors (Lipinski definition) is 1. The summed E-state index contributed by atoms with van der Waals surface area (Å²) in [7, 11) is 0. The predicted octanol–water partition coefficient (Wildman–Crippen LogP) is 0.938. The molecule has 0 saturated carbocycles. The van der Waals surface area contributed by atoms with Crippen LogP contribution in [-0.4, -0.2) is 25.2 Å². The summed E-state index contributed by atoms with van der Waals surface area (Å²) in [5.74, 6) is 0.0634. The Hall–Kier alpha value is -0.570. The molecule has 3 nitrogen and oxygen atoms in total. The van der Waals surface area contributed by atoms with Crippen molar-refractivity contribution in [2.75, 3.05) is 13.2 Å². The first-order chi connectivity index (χ1) is 5.16. The molecule has 0 saturated heterocycles. The quantitative estimate of drug-likeness (QED) is 0.606. The lowest BCUT2D eigenvalue weighted by atomic mass is 10.3. The highest BCUT2D eigenvalue weighted by molar-refractivity contribution is 5.76. The topological polar surface area (TPSA) is 38.3 Å². The smallest absolute Gasteiger partial charge is 0.222 e. The number of carbonyl (C=O) groups is 1. The summed E-state index contributed by atoms with van der Waals surface area (Å²) in [5.41, 5.74) is 0. The van der Waals surface area contributed by atoms with E-state index in [1.165, 1.54) is 0 Å². The van der Waals surface area contributed by atoms with Crippen LogP contribution in [0, 0.1) is 0 Å². The molecule has 0 aromatic rings. The van der Waals surface area contributed by atoms with Crippen molar-refractivity contribution in [3.63, 3.8) is 0 Å². The molecule has 3 heteroatoms. The normalized spacial score (nSPS) is 10.2. The van der Waals surface area contributed by atoms with E-state index >= 15 is 0 Å². The molecule has 0 radical (unpaired) electrons. The van der Waals surface area contributed by atoms with E-state index in [0.29, 0.717) is 19.6 Å². The van der Waals surface area contributed by atoms with E-state index in [1.807, 2.05) is 20.8 Å². The van der Waals surface area contributed by atoms with E-state index in [-0.39, 0.29) is 11.9 Å². The summed E-state index contributed by atoms with van der Waals surface area (Å²) >= 11 is 0. The van der Waals surface area contributed by atoms with Crippen LogP contribution in [0.5, 0.6) is 0 Å². The summed E-state index contributed by atoms with van der Waals surface area (Å²) in [6, 6.07) is 0.226. The Balaban J connectivity index is 3.23. The van der Waals surface area contributed by atoms with Crippen molar-refractivity contribution in [3.8, 4) is 0 Å². The van der Waals surface area contributed by atoms with Gasteiger partial charge >= 0.3 is 0 Å². The third kappa shape index (κ3) is 7.33. The standard InChI is InChI=1S/C8H17NO2/c1-4-11-6-5-8(10)9-7(2)3/h7H,4-6H2,1-3H3,(H,9,10). The van der Waals surface area contributed by atoms with Gasteiger partial charge in [0, 0.05) is 19.1 Å². The molecule has 0 bridgehead atoms. The molecule has 0 fully saturated rings. The minimum absolute atomic E-state index is 0.0634. The molecular weight excluding hydrogens is 142 g/mol. The monoisotopic (exact) mass is 159 g/mol. The van der Waals surface area contributed by atoms with Gasteiger partial charge in [-0.25, -0.2) is 0 Å². The van der Waals surface area contributed by atoms with Crippen LogP contribution < -0.4 is 5.32 Å². The highest BCUT2D eigenvalue weighted by Crippen LogP contribution is 1.84. The molecular formula is C8H17NO2. The molecule has 11 heavy (non-hydrogen) atoms. The number of amides is 1. The maximum atomic E-state index is 10.9. The maximum Gasteiger partial charge on any atom is 0.222 e. The molecule has 1 amide bonds. The number of ether oxygens (including phenoxy) is 1. The lowest BCUT2D eigenvalue weighted by Gasteiger charge is -2.07. The summed E-state index contributed by atoms with van der Waals surface area (Å²) in [6.07, 6.45) is 0.464. The van der Waals surface area contributed by atoms with Gasteiger partial charge in [-0.3, -0.25) is 4.79 Å². The molecule has 1 N–H and O–H groups in total. The highest BCUT2D eigenvalue weighted by atomic mass is 16.5. The zero-order chi connectivity index (χ0) is 8.69. The van der Waals surface area contributed by atoms with Gasteiger partial charge in [0.15, 0.2) is 0 Å². The Bertz CT molecular complexity index is 113. The summed E-state index contributed by atoms with van der Waals surface area (Å²) < 4.78 is 5.02. The van der Waals surface area contributed by atoms with Crippen molar-refractivity contribution < 1.29 is 9.53 Å². The fraction of sp³-hybridized carbons (Fsp3) is 0.875. The van der Waals surface area contributed by atoms with E-state index in [9.17, 15) is 4.79 Å². The summed E-state index contributed by atoms with van der Waals surface area (Å²) in [4.78, 5) is 10.9. The first-order valence-electron chi connectivity index (χ1n) is 4.04. The van der Waals surface area contributed by atoms with Crippen LogP contribution in [0.15, 0.2) is 0 Å². The van der Waals surface area contributed by atoms with Crippen molar-refractivity contribution in [3.05, 3.63) is 0 Å². The van der Waals surface area contributed by atoms with Crippen LogP contribution in [0.2, 0.25) is 0 Å². The molecule has 66 valence electrons. The molecule has 0 aliphatic carbocycles. The van der Waals surface area contributed by atoms with E-state index in [0.717, 1.165) is 0 Å². The summed E-state index contributed by atoms with van der Waals surface area (Å²) in [5, 5.41) is 2.78. The predicted molar refractivity (Wildman–Crippen MR) is 44.4 cm³/mol. The largest absolute Gasteiger partial charge is 0.381 e. The zero-order valence-electron chi connectivity index (χ0n) is 7.52. The average Bonchev–Trinajstić information content (AvgIpc) is 1.86. The fourth-order valence-corrected chi connectivity index (χ4v) is 0.703. The Morgan fingerprint density at radius 1 is 1.55 bits per heavy atom. The second-order valence-electron chi connectivity index (χ2n) is 2.67. The SMILES string of the molecule is CCOCCC(=O)NC(C)C. The second kappa shape index (κ2) is 6.16. The maximum absolute atomic E-state index is 10.9. The van der Waals surface area contributed by atoms with E-state index in [1.54, 1.807) is 0 Å². The lowest BCUT2D eigenvalue weighted by molar-refractivity contribution is -0.122. The van der Waals surface area contributed by atoms with Crippen LogP contribution in [0.25, 0.3) is 0 Å². The van der Waals surface area contributed by atoms with Crippen molar-refractivity contribution in [2.45, 2.75) is 33.2 Å². The van der Waals surface area contributed by atoms with E-state index in [4.69, 9.17) is 4.74 Å². The number of rotatable bonds is 5. The van der Waals surface area contributed by atoms with Crippen LogP contribution in [0.1, 0.15) is 27.2 Å². The van der Waals surface area contributed by atoms with Crippen LogP contribution in [0.4, 0.5) is 0 Å². The summed E-state index contributed by atoms with van der Waals surface area (Å²) in [6.45, 7) is 7.00. The van der Waals surface area contributed by atoms with Gasteiger partial charge in [-0.1, -0.05) is 0 Å². The molecule has 0 aliphatic rings. The molecule has 0 aromatic heterocycles. The Labute approximate surface area is 68.1 Å². The third-order valence-corrected chi connectivity index (χ3v) is 1.13. The molecule has 0 unspecified atom stereocenters. The van der Waals surface area contributed by atoms with E-state index in [2.05, 4.69) is 5.32 Å². The van der Waals surface area contributed by atoms with Crippen molar-refractivity contribution in [1.82, 2.24) is 5.32 Å². The molecule has 0 rings (SSSR count). The number of carbonyl (C=O) groups excluding carboxylic acids is 1. The molecule has 0 heterocycles. The fourth-order valence-electron chi connectivity index (χ4n) is 0.703. The zero-order valence-corrected chi connectivity index (χ0v) is 7.52. The Kier molecular flexibility index (Phi) is 5.84. The van der Waals surface area contributed by atoms with Gasteiger partial charge in [0.25, 0.3) is 0 Å². The van der Waals surface area contributed by atoms with Crippen LogP contribution >= 0.6 is 0 Å². The lowest BCUT2D eigenvalue weighted by Crippen LogP contribution is -2.30.